The van der Waals surface area contributed by atoms with Crippen LogP contribution in [0, 0.1) is 12.3 Å². The van der Waals surface area contributed by atoms with E-state index in [4.69, 9.17) is 4.74 Å². The monoisotopic (exact) mass is 149 g/mol. The molecule has 11 heavy (non-hydrogen) atoms. The molecule has 1 heterocycles. The van der Waals surface area contributed by atoms with E-state index in [9.17, 15) is 0 Å². The predicted octanol–water partition coefficient (Wildman–Crippen LogP) is 2.46. The number of rotatable bonds is 0. The van der Waals surface area contributed by atoms with Gasteiger partial charge in [0.25, 0.3) is 0 Å². The Morgan fingerprint density at radius 3 is 3.36 bits per heavy atom. The van der Waals surface area contributed by atoms with Gasteiger partial charge in [-0.3, -0.25) is 0 Å². The zero-order valence-electron chi connectivity index (χ0n) is 6.84. The van der Waals surface area contributed by atoms with Gasteiger partial charge < -0.3 is 4.74 Å². The summed E-state index contributed by atoms with van der Waals surface area (Å²) in [5, 5.41) is 0. The number of ether oxygens (including phenoxy) is 1. The van der Waals surface area contributed by atoms with E-state index < -0.39 is 0 Å². The van der Waals surface area contributed by atoms with Gasteiger partial charge in [-0.2, -0.15) is 0 Å². The molecule has 2 rings (SSSR count). The van der Waals surface area contributed by atoms with E-state index in [0.29, 0.717) is 0 Å². The Balaban J connectivity index is 2.19. The van der Waals surface area contributed by atoms with Crippen molar-refractivity contribution in [3.05, 3.63) is 29.9 Å². The van der Waals surface area contributed by atoms with Crippen LogP contribution in [0.3, 0.4) is 0 Å². The molecule has 0 N–H and O–H groups in total. The Kier molecular flexibility index (Phi) is 1.72. The highest BCUT2D eigenvalue weighted by molar-refractivity contribution is 5.37. The van der Waals surface area contributed by atoms with Crippen molar-refractivity contribution in [3.8, 4) is 0 Å². The van der Waals surface area contributed by atoms with Crippen LogP contribution in [0.15, 0.2) is 23.5 Å². The zero-order chi connectivity index (χ0) is 7.68. The molecule has 0 aromatic carbocycles. The first-order chi connectivity index (χ1) is 5.36. The van der Waals surface area contributed by atoms with Crippen molar-refractivity contribution < 1.29 is 4.74 Å². The fourth-order valence-corrected chi connectivity index (χ4v) is 1.65. The van der Waals surface area contributed by atoms with Crippen molar-refractivity contribution in [2.45, 2.75) is 19.8 Å². The highest BCUT2D eigenvalue weighted by Crippen LogP contribution is 2.30. The summed E-state index contributed by atoms with van der Waals surface area (Å²) in [6.07, 6.45) is 8.73. The fraction of sp³-hybridized carbons (Fsp3) is 0.500. The lowest BCUT2D eigenvalue weighted by Crippen LogP contribution is -2.12. The average Bonchev–Trinajstić information content (AvgIpc) is 2.04. The molecular formula is C10H13O. The van der Waals surface area contributed by atoms with E-state index >= 15 is 0 Å². The topological polar surface area (TPSA) is 9.23 Å². The van der Waals surface area contributed by atoms with E-state index in [0.717, 1.165) is 12.5 Å². The summed E-state index contributed by atoms with van der Waals surface area (Å²) < 4.78 is 5.22. The maximum Gasteiger partial charge on any atom is 0.109 e. The predicted molar refractivity (Wildman–Crippen MR) is 44.8 cm³/mol. The highest BCUT2D eigenvalue weighted by atomic mass is 16.5. The summed E-state index contributed by atoms with van der Waals surface area (Å²) in [5.41, 5.74) is 2.89. The lowest BCUT2D eigenvalue weighted by Gasteiger charge is -2.24. The summed E-state index contributed by atoms with van der Waals surface area (Å²) >= 11 is 0. The third-order valence-corrected chi connectivity index (χ3v) is 2.38. The molecule has 1 aliphatic heterocycles. The first-order valence-electron chi connectivity index (χ1n) is 4.21. The second kappa shape index (κ2) is 2.72. The second-order valence-electron chi connectivity index (χ2n) is 3.36. The molecule has 1 atom stereocenters. The maximum absolute atomic E-state index is 5.22. The lowest BCUT2D eigenvalue weighted by molar-refractivity contribution is 0.266. The van der Waals surface area contributed by atoms with Crippen LogP contribution >= 0.6 is 0 Å². The molecule has 0 amide bonds. The van der Waals surface area contributed by atoms with Gasteiger partial charge in [0.2, 0.25) is 0 Å². The van der Waals surface area contributed by atoms with Crippen LogP contribution in [0.1, 0.15) is 19.8 Å². The molecule has 2 aliphatic rings. The van der Waals surface area contributed by atoms with Crippen molar-refractivity contribution in [2.24, 2.45) is 5.92 Å². The first kappa shape index (κ1) is 6.96. The molecular weight excluding hydrogens is 136 g/mol. The van der Waals surface area contributed by atoms with Gasteiger partial charge in [-0.05, 0) is 42.4 Å². The molecule has 0 fully saturated rings. The summed E-state index contributed by atoms with van der Waals surface area (Å²) in [5.74, 6) is 0.747. The van der Waals surface area contributed by atoms with Crippen molar-refractivity contribution in [1.29, 1.82) is 0 Å². The summed E-state index contributed by atoms with van der Waals surface area (Å²) in [7, 11) is 0. The van der Waals surface area contributed by atoms with Crippen molar-refractivity contribution in [3.63, 3.8) is 0 Å². The number of hydrogen-bond donors (Lipinski definition) is 0. The van der Waals surface area contributed by atoms with Gasteiger partial charge in [0.1, 0.15) is 6.61 Å². The molecule has 1 nitrogen and oxygen atoms in total. The standard InChI is InChI=1S/C10H13O/c1-8-2-3-10-7-11-5-4-9(10)6-8/h4-6,8H,2-3,7H2,1H3. The lowest BCUT2D eigenvalue weighted by atomic mass is 9.85. The Labute approximate surface area is 67.7 Å². The minimum atomic E-state index is 0.747. The highest BCUT2D eigenvalue weighted by Gasteiger charge is 2.18. The molecule has 1 heteroatoms. The van der Waals surface area contributed by atoms with Crippen molar-refractivity contribution >= 4 is 0 Å². The van der Waals surface area contributed by atoms with Crippen LogP contribution in [0.4, 0.5) is 0 Å². The van der Waals surface area contributed by atoms with E-state index in [-0.39, 0.29) is 0 Å². The van der Waals surface area contributed by atoms with Crippen LogP contribution < -0.4 is 0 Å². The largest absolute Gasteiger partial charge is 0.497 e. The van der Waals surface area contributed by atoms with Gasteiger partial charge in [-0.15, -0.1) is 0 Å². The van der Waals surface area contributed by atoms with Crippen LogP contribution in [0.2, 0.25) is 0 Å². The van der Waals surface area contributed by atoms with E-state index in [1.54, 1.807) is 6.26 Å². The third kappa shape index (κ3) is 1.32. The van der Waals surface area contributed by atoms with Crippen LogP contribution in [-0.4, -0.2) is 6.61 Å². The SMILES string of the molecule is CC1[CH]C2=C(CC1)COC=C2. The molecule has 1 aliphatic carbocycles. The summed E-state index contributed by atoms with van der Waals surface area (Å²) in [6.45, 7) is 3.09. The maximum atomic E-state index is 5.22. The smallest absolute Gasteiger partial charge is 0.109 e. The molecule has 0 aromatic heterocycles. The number of allylic oxidation sites excluding steroid dienone is 2. The average molecular weight is 149 g/mol. The van der Waals surface area contributed by atoms with Crippen LogP contribution in [-0.2, 0) is 4.74 Å². The molecule has 0 bridgehead atoms. The van der Waals surface area contributed by atoms with E-state index in [1.807, 2.05) is 0 Å². The molecule has 1 radical (unpaired) electrons. The molecule has 0 aromatic rings. The number of hydrogen-bond acceptors (Lipinski definition) is 1. The minimum absolute atomic E-state index is 0.747. The zero-order valence-corrected chi connectivity index (χ0v) is 6.84. The summed E-state index contributed by atoms with van der Waals surface area (Å²) in [6, 6.07) is 0. The molecule has 0 spiro atoms. The Bertz CT molecular complexity index is 213. The summed E-state index contributed by atoms with van der Waals surface area (Å²) in [4.78, 5) is 0. The van der Waals surface area contributed by atoms with Gasteiger partial charge in [0.05, 0.1) is 6.26 Å². The Morgan fingerprint density at radius 1 is 1.55 bits per heavy atom. The molecule has 1 unspecified atom stereocenters. The third-order valence-electron chi connectivity index (χ3n) is 2.38. The minimum Gasteiger partial charge on any atom is -0.497 e. The van der Waals surface area contributed by atoms with E-state index in [2.05, 4.69) is 19.4 Å². The molecule has 0 saturated carbocycles. The van der Waals surface area contributed by atoms with Gasteiger partial charge >= 0.3 is 0 Å². The van der Waals surface area contributed by atoms with Gasteiger partial charge in [0, 0.05) is 0 Å². The second-order valence-corrected chi connectivity index (χ2v) is 3.36. The van der Waals surface area contributed by atoms with Crippen LogP contribution in [0.25, 0.3) is 0 Å². The van der Waals surface area contributed by atoms with Gasteiger partial charge in [-0.25, -0.2) is 0 Å². The van der Waals surface area contributed by atoms with Crippen molar-refractivity contribution in [2.75, 3.05) is 6.61 Å². The first-order valence-corrected chi connectivity index (χ1v) is 4.21. The van der Waals surface area contributed by atoms with Crippen molar-refractivity contribution in [1.82, 2.24) is 0 Å². The quantitative estimate of drug-likeness (QED) is 0.514. The molecule has 0 saturated heterocycles. The Morgan fingerprint density at radius 2 is 2.45 bits per heavy atom. The molecule has 59 valence electrons. The van der Waals surface area contributed by atoms with Gasteiger partial charge in [0.15, 0.2) is 0 Å². The van der Waals surface area contributed by atoms with Crippen LogP contribution in [0.5, 0.6) is 0 Å². The Hall–Kier alpha value is -0.720. The van der Waals surface area contributed by atoms with Gasteiger partial charge in [-0.1, -0.05) is 6.92 Å². The normalized spacial score (nSPS) is 29.7. The fourth-order valence-electron chi connectivity index (χ4n) is 1.65. The van der Waals surface area contributed by atoms with E-state index in [1.165, 1.54) is 24.0 Å².